The van der Waals surface area contributed by atoms with Gasteiger partial charge in [0.15, 0.2) is 0 Å². The molecule has 0 fully saturated rings. The van der Waals surface area contributed by atoms with E-state index in [0.29, 0.717) is 0 Å². The van der Waals surface area contributed by atoms with Gasteiger partial charge in [0.2, 0.25) is 0 Å². The Balaban J connectivity index is -0.0000000720. The number of hydrogen-bond donors (Lipinski definition) is 0. The Kier molecular flexibility index (Phi) is 42.6. The normalized spacial score (nSPS) is 6.67. The van der Waals surface area contributed by atoms with Gasteiger partial charge in [-0.15, -0.1) is 0 Å². The van der Waals surface area contributed by atoms with E-state index in [1.165, 1.54) is 12.8 Å². The summed E-state index contributed by atoms with van der Waals surface area (Å²) in [6.45, 7) is 8.36. The van der Waals surface area contributed by atoms with E-state index in [1.807, 2.05) is 0 Å². The van der Waals surface area contributed by atoms with Crippen LogP contribution in [0.2, 0.25) is 0 Å². The van der Waals surface area contributed by atoms with Gasteiger partial charge >= 0.3 is 17.4 Å². The Bertz CT molecular complexity index is 12.5. The Morgan fingerprint density at radius 1 is 0.889 bits per heavy atom. The Labute approximate surface area is 71.2 Å². The second-order valence-corrected chi connectivity index (χ2v) is 1.63. The van der Waals surface area contributed by atoms with Crippen molar-refractivity contribution in [3.8, 4) is 0 Å². The van der Waals surface area contributed by atoms with Crippen LogP contribution in [0.15, 0.2) is 0 Å². The number of unbranched alkanes of at least 4 members (excludes halogenated alkanes) is 2. The van der Waals surface area contributed by atoms with Gasteiger partial charge in [-0.05, 0) is 0 Å². The van der Waals surface area contributed by atoms with E-state index < -0.39 is 0 Å². The zero-order valence-electron chi connectivity index (χ0n) is 7.28. The SMILES string of the molecule is C[CH-]CC.C[CH-]CC.[AlH+2]. The zero-order valence-corrected chi connectivity index (χ0v) is 8.69. The first-order chi connectivity index (χ1) is 3.83. The molecule has 0 spiro atoms. The molecule has 0 aliphatic carbocycles. The van der Waals surface area contributed by atoms with Gasteiger partial charge in [-0.3, -0.25) is 0 Å². The van der Waals surface area contributed by atoms with Crippen LogP contribution in [0.1, 0.15) is 40.5 Å². The summed E-state index contributed by atoms with van der Waals surface area (Å²) in [5.41, 5.74) is 0. The molecule has 9 heavy (non-hydrogen) atoms. The van der Waals surface area contributed by atoms with Crippen LogP contribution in [0.25, 0.3) is 0 Å². The van der Waals surface area contributed by atoms with E-state index in [4.69, 9.17) is 0 Å². The average Bonchev–Trinajstić information content (AvgIpc) is 1.88. The van der Waals surface area contributed by atoms with Crippen molar-refractivity contribution in [3.63, 3.8) is 0 Å². The predicted octanol–water partition coefficient (Wildman–Crippen LogP) is 2.59. The second kappa shape index (κ2) is 23.6. The van der Waals surface area contributed by atoms with Gasteiger partial charge in [0.05, 0.1) is 0 Å². The van der Waals surface area contributed by atoms with Crippen LogP contribution in [-0.4, -0.2) is 17.4 Å². The summed E-state index contributed by atoms with van der Waals surface area (Å²) >= 11 is 0. The van der Waals surface area contributed by atoms with Crippen LogP contribution >= 0.6 is 0 Å². The number of hydrogen-bond acceptors (Lipinski definition) is 0. The Morgan fingerprint density at radius 3 is 1.00 bits per heavy atom. The molecule has 0 radical (unpaired) electrons. The zero-order chi connectivity index (χ0) is 6.83. The molecule has 54 valence electrons. The summed E-state index contributed by atoms with van der Waals surface area (Å²) in [5, 5.41) is 0. The molecule has 0 amide bonds. The van der Waals surface area contributed by atoms with Crippen molar-refractivity contribution >= 4 is 17.4 Å². The van der Waals surface area contributed by atoms with Crippen molar-refractivity contribution in [2.24, 2.45) is 0 Å². The topological polar surface area (TPSA) is 0 Å². The summed E-state index contributed by atoms with van der Waals surface area (Å²) in [7, 11) is 0. The van der Waals surface area contributed by atoms with Crippen LogP contribution in [0, 0.1) is 12.8 Å². The molecule has 0 aromatic carbocycles. The van der Waals surface area contributed by atoms with E-state index >= 15 is 0 Å². The van der Waals surface area contributed by atoms with E-state index in [-0.39, 0.29) is 17.4 Å². The summed E-state index contributed by atoms with van der Waals surface area (Å²) in [4.78, 5) is 0. The molecule has 1 heteroatoms. The molecule has 0 rings (SSSR count). The van der Waals surface area contributed by atoms with Crippen LogP contribution < -0.4 is 0 Å². The van der Waals surface area contributed by atoms with Gasteiger partial charge in [-0.25, -0.2) is 0 Å². The second-order valence-electron chi connectivity index (χ2n) is 1.63. The van der Waals surface area contributed by atoms with Crippen LogP contribution in [-0.2, 0) is 0 Å². The summed E-state index contributed by atoms with van der Waals surface area (Å²) in [5.74, 6) is 0. The molecule has 0 unspecified atom stereocenters. The van der Waals surface area contributed by atoms with Crippen molar-refractivity contribution < 1.29 is 0 Å². The molecule has 0 heterocycles. The van der Waals surface area contributed by atoms with Gasteiger partial charge in [-0.2, -0.15) is 26.7 Å². The molecular formula is C8H19Al. The fraction of sp³-hybridized carbons (Fsp3) is 0.750. The summed E-state index contributed by atoms with van der Waals surface area (Å²) in [6.07, 6.45) is 6.64. The van der Waals surface area contributed by atoms with Crippen molar-refractivity contribution in [2.45, 2.75) is 40.5 Å². The van der Waals surface area contributed by atoms with Crippen molar-refractivity contribution in [2.75, 3.05) is 0 Å². The predicted molar refractivity (Wildman–Crippen MR) is 47.7 cm³/mol. The monoisotopic (exact) mass is 142 g/mol. The van der Waals surface area contributed by atoms with Crippen LogP contribution in [0.3, 0.4) is 0 Å². The van der Waals surface area contributed by atoms with Crippen LogP contribution in [0.5, 0.6) is 0 Å². The van der Waals surface area contributed by atoms with Crippen molar-refractivity contribution in [3.05, 3.63) is 12.8 Å². The Hall–Kier alpha value is 0.532. The first-order valence-corrected chi connectivity index (χ1v) is 3.39. The van der Waals surface area contributed by atoms with E-state index in [9.17, 15) is 0 Å². The minimum absolute atomic E-state index is 0. The third-order valence-corrected chi connectivity index (χ3v) is 0.816. The maximum absolute atomic E-state index is 2.12. The van der Waals surface area contributed by atoms with Gasteiger partial charge in [0.25, 0.3) is 0 Å². The molecule has 0 aromatic rings. The van der Waals surface area contributed by atoms with E-state index in [2.05, 4.69) is 40.5 Å². The molecule has 0 aromatic heterocycles. The molecule has 0 saturated heterocycles. The van der Waals surface area contributed by atoms with Gasteiger partial charge in [-0.1, -0.05) is 13.8 Å². The molecule has 0 atom stereocenters. The minimum atomic E-state index is 0. The molecule has 0 saturated carbocycles. The first kappa shape index (κ1) is 16.3. The average molecular weight is 142 g/mol. The van der Waals surface area contributed by atoms with Gasteiger partial charge < -0.3 is 12.8 Å². The molecule has 0 bridgehead atoms. The quantitative estimate of drug-likeness (QED) is 0.410. The van der Waals surface area contributed by atoms with Gasteiger partial charge in [0.1, 0.15) is 0 Å². The fourth-order valence-electron chi connectivity index (χ4n) is 0. The molecule has 0 N–H and O–H groups in total. The van der Waals surface area contributed by atoms with Crippen molar-refractivity contribution in [1.29, 1.82) is 0 Å². The molecule has 0 nitrogen and oxygen atoms in total. The maximum atomic E-state index is 2.12. The summed E-state index contributed by atoms with van der Waals surface area (Å²) in [6, 6.07) is 0. The molecule has 0 aliphatic heterocycles. The third-order valence-electron chi connectivity index (χ3n) is 0.816. The molecular weight excluding hydrogens is 123 g/mol. The summed E-state index contributed by atoms with van der Waals surface area (Å²) < 4.78 is 0. The fourth-order valence-corrected chi connectivity index (χ4v) is 0. The van der Waals surface area contributed by atoms with Gasteiger partial charge in [0, 0.05) is 0 Å². The standard InChI is InChI=1S/2C4H9.Al.H/c2*1-3-4-2;;/h2*3H,4H2,1-2H3;;/q2*-1;+2;. The Morgan fingerprint density at radius 2 is 1.00 bits per heavy atom. The number of rotatable bonds is 2. The van der Waals surface area contributed by atoms with E-state index in [1.54, 1.807) is 0 Å². The third kappa shape index (κ3) is 56.8. The van der Waals surface area contributed by atoms with Crippen molar-refractivity contribution in [1.82, 2.24) is 0 Å². The molecule has 0 aliphatic rings. The van der Waals surface area contributed by atoms with Crippen LogP contribution in [0.4, 0.5) is 0 Å². The van der Waals surface area contributed by atoms with E-state index in [0.717, 1.165) is 0 Å². The first-order valence-electron chi connectivity index (χ1n) is 3.39.